The van der Waals surface area contributed by atoms with Gasteiger partial charge in [-0.15, -0.1) is 0 Å². The van der Waals surface area contributed by atoms with E-state index in [4.69, 9.17) is 21.8 Å². The predicted molar refractivity (Wildman–Crippen MR) is 70.5 cm³/mol. The van der Waals surface area contributed by atoms with E-state index in [0.717, 1.165) is 0 Å². The topological polar surface area (TPSA) is 68.3 Å². The molecule has 2 rings (SSSR count). The Bertz CT molecular complexity index is 463. The van der Waals surface area contributed by atoms with Gasteiger partial charge in [-0.05, 0) is 17.7 Å². The van der Waals surface area contributed by atoms with Crippen molar-refractivity contribution in [3.05, 3.63) is 23.1 Å². The van der Waals surface area contributed by atoms with Crippen molar-refractivity contribution in [1.82, 2.24) is 5.32 Å². The molecule has 1 fully saturated rings. The molecule has 3 N–H and O–H groups in total. The van der Waals surface area contributed by atoms with Crippen molar-refractivity contribution in [2.75, 3.05) is 0 Å². The average Bonchev–Trinajstić information content (AvgIpc) is 2.70. The third kappa shape index (κ3) is 1.75. The Balaban J connectivity index is 2.16. The Kier molecular flexibility index (Phi) is 2.98. The number of furan rings is 1. The van der Waals surface area contributed by atoms with Crippen LogP contribution in [0.2, 0.25) is 5.22 Å². The van der Waals surface area contributed by atoms with Crippen molar-refractivity contribution < 1.29 is 9.21 Å². The second kappa shape index (κ2) is 4.00. The molecule has 1 aliphatic rings. The van der Waals surface area contributed by atoms with Crippen LogP contribution in [0.4, 0.5) is 0 Å². The zero-order chi connectivity index (χ0) is 13.7. The summed E-state index contributed by atoms with van der Waals surface area (Å²) in [5.41, 5.74) is 6.26. The van der Waals surface area contributed by atoms with E-state index in [0.29, 0.717) is 5.56 Å². The van der Waals surface area contributed by atoms with Gasteiger partial charge in [-0.3, -0.25) is 4.79 Å². The number of nitrogens with one attached hydrogen (secondary N) is 1. The zero-order valence-corrected chi connectivity index (χ0v) is 11.8. The van der Waals surface area contributed by atoms with Crippen molar-refractivity contribution >= 4 is 17.5 Å². The lowest BCUT2D eigenvalue weighted by atomic mass is 9.48. The fraction of sp³-hybridized carbons (Fsp3) is 0.615. The lowest BCUT2D eigenvalue weighted by Crippen LogP contribution is -2.76. The van der Waals surface area contributed by atoms with Gasteiger partial charge in [0.15, 0.2) is 0 Å². The Morgan fingerprint density at radius 3 is 2.39 bits per heavy atom. The molecule has 1 aromatic heterocycles. The van der Waals surface area contributed by atoms with Gasteiger partial charge < -0.3 is 15.5 Å². The normalized spacial score (nSPS) is 28.6. The summed E-state index contributed by atoms with van der Waals surface area (Å²) < 4.78 is 4.92. The van der Waals surface area contributed by atoms with E-state index < -0.39 is 0 Å². The summed E-state index contributed by atoms with van der Waals surface area (Å²) in [7, 11) is 0. The van der Waals surface area contributed by atoms with Gasteiger partial charge in [0.2, 0.25) is 5.22 Å². The highest BCUT2D eigenvalue weighted by molar-refractivity contribution is 6.32. The Labute approximate surface area is 112 Å². The highest BCUT2D eigenvalue weighted by Crippen LogP contribution is 2.52. The third-order valence-corrected chi connectivity index (χ3v) is 4.52. The molecule has 18 heavy (non-hydrogen) atoms. The van der Waals surface area contributed by atoms with Crippen molar-refractivity contribution in [2.24, 2.45) is 16.6 Å². The summed E-state index contributed by atoms with van der Waals surface area (Å²) in [5, 5.41) is 3.12. The van der Waals surface area contributed by atoms with E-state index in [-0.39, 0.29) is 34.0 Å². The van der Waals surface area contributed by atoms with Crippen molar-refractivity contribution in [3.63, 3.8) is 0 Å². The second-order valence-corrected chi connectivity index (χ2v) is 6.48. The smallest absolute Gasteiger partial charge is 0.256 e. The van der Waals surface area contributed by atoms with Crippen LogP contribution in [0, 0.1) is 10.8 Å². The van der Waals surface area contributed by atoms with Crippen molar-refractivity contribution in [3.8, 4) is 0 Å². The van der Waals surface area contributed by atoms with E-state index >= 15 is 0 Å². The van der Waals surface area contributed by atoms with Gasteiger partial charge in [0.05, 0.1) is 11.8 Å². The van der Waals surface area contributed by atoms with E-state index in [1.165, 1.54) is 6.26 Å². The molecule has 0 unspecified atom stereocenters. The second-order valence-electron chi connectivity index (χ2n) is 6.13. The standard InChI is InChI=1S/C13H19ClN2O2/c1-12(2)10(15)13(3,4)11(12)16-9(17)7-5-6-18-8(7)14/h5-6,10-11H,15H2,1-4H3,(H,16,17). The maximum atomic E-state index is 12.1. The Hall–Kier alpha value is -1.00. The lowest BCUT2D eigenvalue weighted by Gasteiger charge is -2.62. The molecule has 0 spiro atoms. The monoisotopic (exact) mass is 270 g/mol. The van der Waals surface area contributed by atoms with E-state index in [1.807, 2.05) is 0 Å². The van der Waals surface area contributed by atoms with Gasteiger partial charge in [-0.1, -0.05) is 27.7 Å². The summed E-state index contributed by atoms with van der Waals surface area (Å²) in [6.07, 6.45) is 1.40. The summed E-state index contributed by atoms with van der Waals surface area (Å²) in [5.74, 6) is -0.216. The van der Waals surface area contributed by atoms with Gasteiger partial charge in [0.25, 0.3) is 5.91 Å². The van der Waals surface area contributed by atoms with Crippen LogP contribution in [0.25, 0.3) is 0 Å². The number of carbonyl (C=O) groups is 1. The quantitative estimate of drug-likeness (QED) is 0.867. The number of rotatable bonds is 2. The molecule has 1 heterocycles. The number of amides is 1. The number of hydrogen-bond acceptors (Lipinski definition) is 3. The van der Waals surface area contributed by atoms with Crippen LogP contribution < -0.4 is 11.1 Å². The highest BCUT2D eigenvalue weighted by atomic mass is 35.5. The van der Waals surface area contributed by atoms with Crippen LogP contribution in [0.3, 0.4) is 0 Å². The fourth-order valence-corrected chi connectivity index (χ4v) is 3.42. The summed E-state index contributed by atoms with van der Waals surface area (Å²) in [4.78, 5) is 12.1. The van der Waals surface area contributed by atoms with Gasteiger partial charge in [-0.25, -0.2) is 0 Å². The molecule has 5 heteroatoms. The molecule has 0 radical (unpaired) electrons. The Morgan fingerprint density at radius 2 is 1.94 bits per heavy atom. The molecular formula is C13H19ClN2O2. The minimum atomic E-state index is -0.216. The number of halogens is 1. The molecule has 0 bridgehead atoms. The minimum absolute atomic E-state index is 0.0125. The molecule has 1 aromatic rings. The number of hydrogen-bond donors (Lipinski definition) is 2. The van der Waals surface area contributed by atoms with Gasteiger partial charge in [0, 0.05) is 22.9 Å². The van der Waals surface area contributed by atoms with Crippen LogP contribution in [-0.2, 0) is 0 Å². The van der Waals surface area contributed by atoms with E-state index in [1.54, 1.807) is 6.07 Å². The van der Waals surface area contributed by atoms with Crippen LogP contribution >= 0.6 is 11.6 Å². The van der Waals surface area contributed by atoms with Gasteiger partial charge >= 0.3 is 0 Å². The zero-order valence-electron chi connectivity index (χ0n) is 11.1. The Morgan fingerprint density at radius 1 is 1.39 bits per heavy atom. The number of carbonyl (C=O) groups excluding carboxylic acids is 1. The molecule has 100 valence electrons. The first kappa shape index (κ1) is 13.4. The first-order chi connectivity index (χ1) is 8.19. The summed E-state index contributed by atoms with van der Waals surface area (Å²) in [6.45, 7) is 8.24. The maximum Gasteiger partial charge on any atom is 0.256 e. The van der Waals surface area contributed by atoms with Crippen LogP contribution in [0.5, 0.6) is 0 Å². The highest BCUT2D eigenvalue weighted by Gasteiger charge is 2.60. The van der Waals surface area contributed by atoms with Crippen LogP contribution in [0.15, 0.2) is 16.7 Å². The van der Waals surface area contributed by atoms with Crippen LogP contribution in [0.1, 0.15) is 38.1 Å². The summed E-state index contributed by atoms with van der Waals surface area (Å²) in [6, 6.07) is 1.63. The average molecular weight is 271 g/mol. The lowest BCUT2D eigenvalue weighted by molar-refractivity contribution is -0.0663. The predicted octanol–water partition coefficient (Wildman–Crippen LogP) is 2.42. The van der Waals surface area contributed by atoms with Gasteiger partial charge in [0.1, 0.15) is 0 Å². The first-order valence-corrected chi connectivity index (χ1v) is 6.36. The van der Waals surface area contributed by atoms with Crippen molar-refractivity contribution in [2.45, 2.75) is 39.8 Å². The van der Waals surface area contributed by atoms with E-state index in [9.17, 15) is 4.79 Å². The SMILES string of the molecule is CC1(C)C(N)C(C)(C)C1NC(=O)c1ccoc1Cl. The molecule has 0 atom stereocenters. The minimum Gasteiger partial charge on any atom is -0.452 e. The molecule has 1 amide bonds. The molecule has 0 saturated heterocycles. The maximum absolute atomic E-state index is 12.1. The third-order valence-electron chi connectivity index (χ3n) is 4.23. The fourth-order valence-electron chi connectivity index (χ4n) is 3.22. The molecule has 1 aliphatic carbocycles. The largest absolute Gasteiger partial charge is 0.452 e. The summed E-state index contributed by atoms with van der Waals surface area (Å²) >= 11 is 5.80. The number of nitrogens with two attached hydrogens (primary N) is 1. The molecule has 1 saturated carbocycles. The molecule has 0 aliphatic heterocycles. The van der Waals surface area contributed by atoms with E-state index in [2.05, 4.69) is 33.0 Å². The van der Waals surface area contributed by atoms with Gasteiger partial charge in [-0.2, -0.15) is 0 Å². The first-order valence-electron chi connectivity index (χ1n) is 5.98. The van der Waals surface area contributed by atoms with Crippen LogP contribution in [-0.4, -0.2) is 18.0 Å². The molecule has 0 aromatic carbocycles. The molecular weight excluding hydrogens is 252 g/mol. The molecule has 4 nitrogen and oxygen atoms in total. The van der Waals surface area contributed by atoms with Crippen molar-refractivity contribution in [1.29, 1.82) is 0 Å².